The minimum Gasteiger partial charge on any atom is -0.465 e. The van der Waals surface area contributed by atoms with Crippen LogP contribution in [0, 0.1) is 0 Å². The predicted octanol–water partition coefficient (Wildman–Crippen LogP) is 2.90. The Balaban J connectivity index is 1.89. The molecule has 1 heterocycles. The van der Waals surface area contributed by atoms with Gasteiger partial charge in [-0.15, -0.1) is 6.58 Å². The van der Waals surface area contributed by atoms with E-state index in [1.54, 1.807) is 6.08 Å². The largest absolute Gasteiger partial charge is 0.465 e. The van der Waals surface area contributed by atoms with Crippen LogP contribution in [-0.2, 0) is 11.3 Å². The number of nitrogens with zero attached hydrogens (tertiary/aromatic N) is 1. The van der Waals surface area contributed by atoms with Crippen molar-refractivity contribution in [3.8, 4) is 0 Å². The summed E-state index contributed by atoms with van der Waals surface area (Å²) in [4.78, 5) is 12.6. The Morgan fingerprint density at radius 3 is 2.84 bits per heavy atom. The fourth-order valence-electron chi connectivity index (χ4n) is 2.43. The molecule has 1 amide bonds. The summed E-state index contributed by atoms with van der Waals surface area (Å²) in [6.07, 6.45) is 2.28. The van der Waals surface area contributed by atoms with Crippen molar-refractivity contribution in [2.75, 3.05) is 6.54 Å². The minimum atomic E-state index is -0.877. The normalized spacial score (nSPS) is 22.4. The van der Waals surface area contributed by atoms with E-state index in [-0.39, 0.29) is 12.1 Å². The summed E-state index contributed by atoms with van der Waals surface area (Å²) in [6, 6.07) is 9.91. The summed E-state index contributed by atoms with van der Waals surface area (Å²) >= 11 is 0. The first-order valence-corrected chi connectivity index (χ1v) is 6.46. The third-order valence-electron chi connectivity index (χ3n) is 3.39. The number of carboxylic acid groups (broad SMARTS) is 1. The number of likely N-dealkylation sites (tertiary alicyclic amines) is 1. The summed E-state index contributed by atoms with van der Waals surface area (Å²) in [5.74, 6) is 0. The molecule has 1 N–H and O–H groups in total. The maximum atomic E-state index is 11.1. The summed E-state index contributed by atoms with van der Waals surface area (Å²) in [6.45, 7) is 4.65. The first-order chi connectivity index (χ1) is 9.20. The molecule has 0 aliphatic carbocycles. The van der Waals surface area contributed by atoms with Gasteiger partial charge in [-0.05, 0) is 18.4 Å². The number of carbonyl (C=O) groups is 1. The Labute approximate surface area is 113 Å². The van der Waals surface area contributed by atoms with E-state index in [2.05, 4.69) is 6.58 Å². The van der Waals surface area contributed by atoms with Crippen LogP contribution < -0.4 is 0 Å². The van der Waals surface area contributed by atoms with Gasteiger partial charge in [-0.25, -0.2) is 4.79 Å². The molecule has 1 aliphatic rings. The Hall–Kier alpha value is -1.81. The Morgan fingerprint density at radius 2 is 2.21 bits per heavy atom. The van der Waals surface area contributed by atoms with E-state index in [9.17, 15) is 4.79 Å². The predicted molar refractivity (Wildman–Crippen MR) is 73.0 cm³/mol. The van der Waals surface area contributed by atoms with Crippen LogP contribution >= 0.6 is 0 Å². The van der Waals surface area contributed by atoms with Gasteiger partial charge in [-0.1, -0.05) is 36.4 Å². The Morgan fingerprint density at radius 1 is 1.47 bits per heavy atom. The number of hydrogen-bond donors (Lipinski definition) is 1. The number of ether oxygens (including phenoxy) is 1. The fourth-order valence-corrected chi connectivity index (χ4v) is 2.43. The third kappa shape index (κ3) is 3.58. The van der Waals surface area contributed by atoms with Crippen LogP contribution in [0.1, 0.15) is 18.4 Å². The quantitative estimate of drug-likeness (QED) is 0.829. The van der Waals surface area contributed by atoms with Gasteiger partial charge in [0.1, 0.15) is 0 Å². The first kappa shape index (κ1) is 13.6. The molecule has 4 heteroatoms. The molecule has 1 fully saturated rings. The number of benzene rings is 1. The zero-order chi connectivity index (χ0) is 13.7. The van der Waals surface area contributed by atoms with Crippen molar-refractivity contribution >= 4 is 6.09 Å². The summed E-state index contributed by atoms with van der Waals surface area (Å²) < 4.78 is 5.81. The number of hydrogen-bond acceptors (Lipinski definition) is 2. The van der Waals surface area contributed by atoms with Crippen LogP contribution in [0.2, 0.25) is 0 Å². The molecule has 0 bridgehead atoms. The molecule has 1 aromatic carbocycles. The van der Waals surface area contributed by atoms with Gasteiger partial charge in [-0.2, -0.15) is 0 Å². The molecule has 0 spiro atoms. The van der Waals surface area contributed by atoms with Crippen molar-refractivity contribution in [1.29, 1.82) is 0 Å². The van der Waals surface area contributed by atoms with Crippen molar-refractivity contribution in [2.45, 2.75) is 31.6 Å². The maximum Gasteiger partial charge on any atom is 0.407 e. The Kier molecular flexibility index (Phi) is 4.58. The van der Waals surface area contributed by atoms with Crippen LogP contribution in [0.15, 0.2) is 43.0 Å². The molecule has 2 unspecified atom stereocenters. The second-order valence-corrected chi connectivity index (χ2v) is 4.77. The smallest absolute Gasteiger partial charge is 0.407 e. The Bertz CT molecular complexity index is 432. The number of amides is 1. The van der Waals surface area contributed by atoms with Crippen LogP contribution in [0.3, 0.4) is 0 Å². The highest BCUT2D eigenvalue weighted by Gasteiger charge is 2.34. The second kappa shape index (κ2) is 6.38. The molecule has 2 rings (SSSR count). The highest BCUT2D eigenvalue weighted by Crippen LogP contribution is 2.24. The molecule has 1 aliphatic heterocycles. The summed E-state index contributed by atoms with van der Waals surface area (Å²) in [5, 5.41) is 9.15. The SMILES string of the molecule is C=CCC1CC(OCc2ccccc2)CN1C(=O)O. The molecule has 0 aromatic heterocycles. The highest BCUT2D eigenvalue weighted by atomic mass is 16.5. The molecule has 1 saturated heterocycles. The van der Waals surface area contributed by atoms with Gasteiger partial charge >= 0.3 is 6.09 Å². The summed E-state index contributed by atoms with van der Waals surface area (Å²) in [5.41, 5.74) is 1.11. The lowest BCUT2D eigenvalue weighted by atomic mass is 10.1. The number of rotatable bonds is 5. The van der Waals surface area contributed by atoms with E-state index in [0.29, 0.717) is 19.6 Å². The van der Waals surface area contributed by atoms with Gasteiger partial charge < -0.3 is 14.7 Å². The molecule has 19 heavy (non-hydrogen) atoms. The lowest BCUT2D eigenvalue weighted by Crippen LogP contribution is -2.34. The van der Waals surface area contributed by atoms with Gasteiger partial charge in [-0.3, -0.25) is 0 Å². The monoisotopic (exact) mass is 261 g/mol. The molecule has 2 atom stereocenters. The van der Waals surface area contributed by atoms with Gasteiger partial charge in [0.15, 0.2) is 0 Å². The van der Waals surface area contributed by atoms with E-state index in [4.69, 9.17) is 9.84 Å². The van der Waals surface area contributed by atoms with Gasteiger partial charge in [0, 0.05) is 6.04 Å². The summed E-state index contributed by atoms with van der Waals surface area (Å²) in [7, 11) is 0. The molecule has 4 nitrogen and oxygen atoms in total. The average molecular weight is 261 g/mol. The van der Waals surface area contributed by atoms with E-state index < -0.39 is 6.09 Å². The standard InChI is InChI=1S/C15H19NO3/c1-2-6-13-9-14(10-16(13)15(17)18)19-11-12-7-4-3-5-8-12/h2-5,7-8,13-14H,1,6,9-11H2,(H,17,18). The molecule has 0 radical (unpaired) electrons. The zero-order valence-corrected chi connectivity index (χ0v) is 10.9. The second-order valence-electron chi connectivity index (χ2n) is 4.77. The van der Waals surface area contributed by atoms with Crippen molar-refractivity contribution in [1.82, 2.24) is 4.90 Å². The minimum absolute atomic E-state index is 0.00391. The van der Waals surface area contributed by atoms with Crippen LogP contribution in [0.25, 0.3) is 0 Å². The van der Waals surface area contributed by atoms with Crippen molar-refractivity contribution in [3.63, 3.8) is 0 Å². The van der Waals surface area contributed by atoms with Crippen LogP contribution in [-0.4, -0.2) is 34.8 Å². The zero-order valence-electron chi connectivity index (χ0n) is 10.9. The van der Waals surface area contributed by atoms with E-state index in [1.165, 1.54) is 4.90 Å². The van der Waals surface area contributed by atoms with E-state index in [1.807, 2.05) is 30.3 Å². The van der Waals surface area contributed by atoms with Gasteiger partial charge in [0.2, 0.25) is 0 Å². The first-order valence-electron chi connectivity index (χ1n) is 6.46. The van der Waals surface area contributed by atoms with Crippen LogP contribution in [0.5, 0.6) is 0 Å². The van der Waals surface area contributed by atoms with Crippen LogP contribution in [0.4, 0.5) is 4.79 Å². The highest BCUT2D eigenvalue weighted by molar-refractivity contribution is 5.66. The van der Waals surface area contributed by atoms with Crippen molar-refractivity contribution in [3.05, 3.63) is 48.6 Å². The molecule has 102 valence electrons. The van der Waals surface area contributed by atoms with Gasteiger partial charge in [0.25, 0.3) is 0 Å². The lowest BCUT2D eigenvalue weighted by Gasteiger charge is -2.19. The van der Waals surface area contributed by atoms with E-state index >= 15 is 0 Å². The van der Waals surface area contributed by atoms with E-state index in [0.717, 1.165) is 12.0 Å². The van der Waals surface area contributed by atoms with Crippen molar-refractivity contribution in [2.24, 2.45) is 0 Å². The fraction of sp³-hybridized carbons (Fsp3) is 0.400. The molecule has 0 saturated carbocycles. The lowest BCUT2D eigenvalue weighted by molar-refractivity contribution is 0.0465. The average Bonchev–Trinajstić information content (AvgIpc) is 2.81. The van der Waals surface area contributed by atoms with Gasteiger partial charge in [0.05, 0.1) is 19.3 Å². The molecular weight excluding hydrogens is 242 g/mol. The third-order valence-corrected chi connectivity index (χ3v) is 3.39. The topological polar surface area (TPSA) is 49.8 Å². The molecule has 1 aromatic rings. The molecular formula is C15H19NO3. The maximum absolute atomic E-state index is 11.1. The van der Waals surface area contributed by atoms with Crippen molar-refractivity contribution < 1.29 is 14.6 Å².